The lowest BCUT2D eigenvalue weighted by molar-refractivity contribution is 0.294. The lowest BCUT2D eigenvalue weighted by Crippen LogP contribution is -2.41. The van der Waals surface area contributed by atoms with E-state index in [1.165, 1.54) is 11.1 Å². The van der Waals surface area contributed by atoms with Crippen LogP contribution in [-0.2, 0) is 0 Å². The molecule has 3 heteroatoms. The van der Waals surface area contributed by atoms with Crippen molar-refractivity contribution in [3.05, 3.63) is 71.8 Å². The molecule has 0 bridgehead atoms. The van der Waals surface area contributed by atoms with Gasteiger partial charge in [0.15, 0.2) is 0 Å². The Morgan fingerprint density at radius 1 is 0.952 bits per heavy atom. The topological polar surface area (TPSA) is 44.6 Å². The minimum Gasteiger partial charge on any atom is -0.411 e. The first-order valence-corrected chi connectivity index (χ1v) is 7.36. The van der Waals surface area contributed by atoms with Crippen molar-refractivity contribution in [2.75, 3.05) is 0 Å². The number of nitrogens with zero attached hydrogens (tertiary/aromatic N) is 1. The van der Waals surface area contributed by atoms with Crippen LogP contribution in [0.5, 0.6) is 0 Å². The SMILES string of the molecule is C[C@@H]1/C(=N\O)C[C@H](c2ccccc2)N[C@H]1c1ccccc1. The molecule has 0 radical (unpaired) electrons. The highest BCUT2D eigenvalue weighted by Crippen LogP contribution is 2.35. The Hall–Kier alpha value is -2.13. The lowest BCUT2D eigenvalue weighted by Gasteiger charge is -2.37. The van der Waals surface area contributed by atoms with E-state index in [1.54, 1.807) is 0 Å². The summed E-state index contributed by atoms with van der Waals surface area (Å²) in [5.41, 5.74) is 3.31. The first-order valence-electron chi connectivity index (χ1n) is 7.36. The maximum absolute atomic E-state index is 9.35. The van der Waals surface area contributed by atoms with Crippen molar-refractivity contribution in [1.82, 2.24) is 5.32 Å². The van der Waals surface area contributed by atoms with Crippen LogP contribution in [0.15, 0.2) is 65.8 Å². The molecule has 2 aromatic carbocycles. The van der Waals surface area contributed by atoms with Crippen molar-refractivity contribution in [1.29, 1.82) is 0 Å². The molecule has 0 spiro atoms. The zero-order chi connectivity index (χ0) is 14.7. The first kappa shape index (κ1) is 13.8. The van der Waals surface area contributed by atoms with Crippen LogP contribution in [0, 0.1) is 5.92 Å². The molecule has 3 nitrogen and oxygen atoms in total. The van der Waals surface area contributed by atoms with E-state index in [0.717, 1.165) is 12.1 Å². The van der Waals surface area contributed by atoms with Crippen LogP contribution in [0.25, 0.3) is 0 Å². The molecule has 1 heterocycles. The van der Waals surface area contributed by atoms with E-state index in [2.05, 4.69) is 41.7 Å². The molecule has 0 aromatic heterocycles. The van der Waals surface area contributed by atoms with Gasteiger partial charge in [-0.3, -0.25) is 0 Å². The second-order valence-electron chi connectivity index (χ2n) is 5.60. The monoisotopic (exact) mass is 280 g/mol. The Bertz CT molecular complexity index is 610. The van der Waals surface area contributed by atoms with Crippen LogP contribution in [0.2, 0.25) is 0 Å². The van der Waals surface area contributed by atoms with E-state index < -0.39 is 0 Å². The molecule has 3 atom stereocenters. The van der Waals surface area contributed by atoms with Crippen LogP contribution in [-0.4, -0.2) is 10.9 Å². The minimum atomic E-state index is 0.163. The van der Waals surface area contributed by atoms with Gasteiger partial charge >= 0.3 is 0 Å². The van der Waals surface area contributed by atoms with Gasteiger partial charge in [0.1, 0.15) is 0 Å². The highest BCUT2D eigenvalue weighted by atomic mass is 16.4. The molecule has 1 saturated heterocycles. The molecule has 0 unspecified atom stereocenters. The van der Waals surface area contributed by atoms with Crippen molar-refractivity contribution >= 4 is 5.71 Å². The summed E-state index contributed by atoms with van der Waals surface area (Å²) in [7, 11) is 0. The molecule has 0 saturated carbocycles. The van der Waals surface area contributed by atoms with Crippen molar-refractivity contribution < 1.29 is 5.21 Å². The summed E-state index contributed by atoms with van der Waals surface area (Å²) in [6, 6.07) is 21.0. The van der Waals surface area contributed by atoms with Crippen LogP contribution < -0.4 is 5.32 Å². The van der Waals surface area contributed by atoms with E-state index in [9.17, 15) is 5.21 Å². The van der Waals surface area contributed by atoms with Crippen molar-refractivity contribution in [3.63, 3.8) is 0 Å². The maximum Gasteiger partial charge on any atom is 0.0636 e. The average Bonchev–Trinajstić information content (AvgIpc) is 2.56. The van der Waals surface area contributed by atoms with Gasteiger partial charge in [-0.15, -0.1) is 0 Å². The third-order valence-corrected chi connectivity index (χ3v) is 4.31. The number of oxime groups is 1. The molecule has 0 aliphatic carbocycles. The maximum atomic E-state index is 9.35. The molecule has 1 fully saturated rings. The normalized spacial score (nSPS) is 27.7. The Morgan fingerprint density at radius 3 is 2.10 bits per heavy atom. The molecule has 108 valence electrons. The van der Waals surface area contributed by atoms with Crippen LogP contribution in [0.3, 0.4) is 0 Å². The van der Waals surface area contributed by atoms with E-state index in [-0.39, 0.29) is 18.0 Å². The van der Waals surface area contributed by atoms with Gasteiger partial charge in [-0.1, -0.05) is 72.7 Å². The van der Waals surface area contributed by atoms with Gasteiger partial charge in [0.25, 0.3) is 0 Å². The standard InChI is InChI=1S/C18H20N2O/c1-13-16(20-21)12-17(14-8-4-2-5-9-14)19-18(13)15-10-6-3-7-11-15/h2-11,13,17-19,21H,12H2,1H3/b20-16-/t13-,17-,18-/m1/s1. The van der Waals surface area contributed by atoms with Crippen molar-refractivity contribution in [2.24, 2.45) is 11.1 Å². The Kier molecular flexibility index (Phi) is 4.02. The third-order valence-electron chi connectivity index (χ3n) is 4.31. The van der Waals surface area contributed by atoms with E-state index >= 15 is 0 Å². The molecule has 2 N–H and O–H groups in total. The van der Waals surface area contributed by atoms with Crippen LogP contribution >= 0.6 is 0 Å². The van der Waals surface area contributed by atoms with E-state index in [4.69, 9.17) is 0 Å². The van der Waals surface area contributed by atoms with Gasteiger partial charge in [0.05, 0.1) is 5.71 Å². The van der Waals surface area contributed by atoms with Crippen LogP contribution in [0.4, 0.5) is 0 Å². The largest absolute Gasteiger partial charge is 0.411 e. The molecule has 3 rings (SSSR count). The molecule has 1 aliphatic heterocycles. The Balaban J connectivity index is 1.93. The first-order chi connectivity index (χ1) is 10.3. The fourth-order valence-electron chi connectivity index (χ4n) is 3.08. The number of hydrogen-bond donors (Lipinski definition) is 2. The second kappa shape index (κ2) is 6.10. The zero-order valence-electron chi connectivity index (χ0n) is 12.1. The average molecular weight is 280 g/mol. The van der Waals surface area contributed by atoms with Gasteiger partial charge in [-0.05, 0) is 11.1 Å². The minimum absolute atomic E-state index is 0.163. The number of benzene rings is 2. The smallest absolute Gasteiger partial charge is 0.0636 e. The molecule has 0 amide bonds. The fraction of sp³-hybridized carbons (Fsp3) is 0.278. The third kappa shape index (κ3) is 2.83. The van der Waals surface area contributed by atoms with E-state index in [0.29, 0.717) is 0 Å². The van der Waals surface area contributed by atoms with Gasteiger partial charge in [0.2, 0.25) is 0 Å². The number of hydrogen-bond acceptors (Lipinski definition) is 3. The Labute approximate surface area is 125 Å². The quantitative estimate of drug-likeness (QED) is 0.646. The predicted molar refractivity (Wildman–Crippen MR) is 84.5 cm³/mol. The predicted octanol–water partition coefficient (Wildman–Crippen LogP) is 3.93. The summed E-state index contributed by atoms with van der Waals surface area (Å²) >= 11 is 0. The molecule has 21 heavy (non-hydrogen) atoms. The summed E-state index contributed by atoms with van der Waals surface area (Å²) < 4.78 is 0. The van der Waals surface area contributed by atoms with Gasteiger partial charge in [-0.2, -0.15) is 0 Å². The zero-order valence-corrected chi connectivity index (χ0v) is 12.1. The Morgan fingerprint density at radius 2 is 1.52 bits per heavy atom. The number of nitrogens with one attached hydrogen (secondary N) is 1. The second-order valence-corrected chi connectivity index (χ2v) is 5.60. The van der Waals surface area contributed by atoms with Gasteiger partial charge < -0.3 is 10.5 Å². The molecular weight excluding hydrogens is 260 g/mol. The molecule has 2 aromatic rings. The summed E-state index contributed by atoms with van der Waals surface area (Å²) in [4.78, 5) is 0. The fourth-order valence-corrected chi connectivity index (χ4v) is 3.08. The van der Waals surface area contributed by atoms with Crippen LogP contribution in [0.1, 0.15) is 36.6 Å². The number of rotatable bonds is 2. The van der Waals surface area contributed by atoms with Gasteiger partial charge in [0, 0.05) is 24.4 Å². The summed E-state index contributed by atoms with van der Waals surface area (Å²) in [5.74, 6) is 0.178. The lowest BCUT2D eigenvalue weighted by atomic mass is 9.81. The van der Waals surface area contributed by atoms with Crippen molar-refractivity contribution in [2.45, 2.75) is 25.4 Å². The van der Waals surface area contributed by atoms with Gasteiger partial charge in [-0.25, -0.2) is 0 Å². The molecular formula is C18H20N2O. The highest BCUT2D eigenvalue weighted by molar-refractivity contribution is 5.88. The highest BCUT2D eigenvalue weighted by Gasteiger charge is 2.33. The summed E-state index contributed by atoms with van der Waals surface area (Å²) in [6.07, 6.45) is 0.741. The molecule has 1 aliphatic rings. The van der Waals surface area contributed by atoms with Crippen molar-refractivity contribution in [3.8, 4) is 0 Å². The number of piperidine rings is 1. The summed E-state index contributed by atoms with van der Waals surface area (Å²) in [5, 5.41) is 16.6. The van der Waals surface area contributed by atoms with E-state index in [1.807, 2.05) is 36.4 Å². The summed E-state index contributed by atoms with van der Waals surface area (Å²) in [6.45, 7) is 2.11.